The third-order valence-corrected chi connectivity index (χ3v) is 3.91. The number of nitrogens with one attached hydrogen (secondary N) is 2. The third kappa shape index (κ3) is 5.79. The van der Waals surface area contributed by atoms with Gasteiger partial charge in [0.15, 0.2) is 5.96 Å². The second-order valence-electron chi connectivity index (χ2n) is 5.69. The van der Waals surface area contributed by atoms with Crippen LogP contribution in [0, 0.1) is 0 Å². The van der Waals surface area contributed by atoms with Crippen LogP contribution in [0.3, 0.4) is 0 Å². The lowest BCUT2D eigenvalue weighted by atomic mass is 10.1. The zero-order valence-electron chi connectivity index (χ0n) is 14.6. The van der Waals surface area contributed by atoms with Gasteiger partial charge in [-0.15, -0.1) is 0 Å². The lowest BCUT2D eigenvalue weighted by Crippen LogP contribution is -2.50. The van der Waals surface area contributed by atoms with Crippen molar-refractivity contribution in [3.63, 3.8) is 0 Å². The van der Waals surface area contributed by atoms with Gasteiger partial charge in [-0.25, -0.2) is 4.79 Å². The average Bonchev–Trinajstić information content (AvgIpc) is 3.09. The van der Waals surface area contributed by atoms with Gasteiger partial charge in [-0.1, -0.05) is 0 Å². The van der Waals surface area contributed by atoms with Gasteiger partial charge >= 0.3 is 6.09 Å². The Bertz CT molecular complexity index is 508. The number of aliphatic imine (C=N–C) groups is 1. The summed E-state index contributed by atoms with van der Waals surface area (Å²) in [5, 5.41) is 6.73. The number of hydrogen-bond acceptors (Lipinski definition) is 4. The fourth-order valence-electron chi connectivity index (χ4n) is 2.67. The minimum atomic E-state index is -0.213. The fraction of sp³-hybridized carbons (Fsp3) is 0.647. The molecule has 1 saturated heterocycles. The molecule has 7 nitrogen and oxygen atoms in total. The molecule has 1 aliphatic heterocycles. The normalized spacial score (nSPS) is 16.1. The average molecular weight is 336 g/mol. The number of carbonyl (C=O) groups is 1. The maximum atomic E-state index is 11.7. The van der Waals surface area contributed by atoms with E-state index in [0.717, 1.165) is 37.5 Å². The zero-order valence-corrected chi connectivity index (χ0v) is 14.6. The molecule has 1 amide bonds. The van der Waals surface area contributed by atoms with Crippen molar-refractivity contribution in [3.05, 3.63) is 24.2 Å². The predicted molar refractivity (Wildman–Crippen MR) is 93.1 cm³/mol. The van der Waals surface area contributed by atoms with E-state index in [1.807, 2.05) is 26.0 Å². The quantitative estimate of drug-likeness (QED) is 0.613. The molecule has 0 spiro atoms. The second kappa shape index (κ2) is 9.85. The Morgan fingerprint density at radius 1 is 1.42 bits per heavy atom. The van der Waals surface area contributed by atoms with Crippen LogP contribution in [0.4, 0.5) is 4.79 Å². The molecule has 0 bridgehead atoms. The van der Waals surface area contributed by atoms with E-state index in [2.05, 4.69) is 15.6 Å². The lowest BCUT2D eigenvalue weighted by Gasteiger charge is -2.32. The van der Waals surface area contributed by atoms with Gasteiger partial charge in [-0.2, -0.15) is 0 Å². The highest BCUT2D eigenvalue weighted by molar-refractivity contribution is 5.80. The molecule has 1 aromatic heterocycles. The highest BCUT2D eigenvalue weighted by atomic mass is 16.6. The molecule has 0 saturated carbocycles. The standard InChI is InChI=1S/C17H28N4O3/c1-3-18-16(19-10-7-15-6-5-13-24-15)20-14-8-11-21(12-9-14)17(22)23-4-2/h5-6,13-14H,3-4,7-12H2,1-2H3,(H2,18,19,20). The fourth-order valence-corrected chi connectivity index (χ4v) is 2.67. The van der Waals surface area contributed by atoms with Crippen molar-refractivity contribution in [2.24, 2.45) is 4.99 Å². The maximum absolute atomic E-state index is 11.7. The van der Waals surface area contributed by atoms with Gasteiger partial charge in [0.1, 0.15) is 5.76 Å². The van der Waals surface area contributed by atoms with Crippen LogP contribution >= 0.6 is 0 Å². The van der Waals surface area contributed by atoms with E-state index >= 15 is 0 Å². The number of hydrogen-bond donors (Lipinski definition) is 2. The summed E-state index contributed by atoms with van der Waals surface area (Å²) in [6.07, 6.45) is 4.03. The summed E-state index contributed by atoms with van der Waals surface area (Å²) in [6.45, 7) is 7.20. The van der Waals surface area contributed by atoms with Gasteiger partial charge in [-0.05, 0) is 38.8 Å². The summed E-state index contributed by atoms with van der Waals surface area (Å²) < 4.78 is 10.4. The van der Waals surface area contributed by atoms with Gasteiger partial charge in [0.05, 0.1) is 12.9 Å². The number of furan rings is 1. The van der Waals surface area contributed by atoms with Gasteiger partial charge in [0, 0.05) is 38.6 Å². The molecule has 134 valence electrons. The SMILES string of the molecule is CCNC(=NCCc1ccco1)NC1CCN(C(=O)OCC)CC1. The van der Waals surface area contributed by atoms with E-state index in [-0.39, 0.29) is 6.09 Å². The van der Waals surface area contributed by atoms with Crippen LogP contribution in [0.1, 0.15) is 32.4 Å². The Labute approximate surface area is 143 Å². The first-order chi connectivity index (χ1) is 11.7. The summed E-state index contributed by atoms with van der Waals surface area (Å²) in [4.78, 5) is 18.1. The molecule has 0 unspecified atom stereocenters. The van der Waals surface area contributed by atoms with Crippen molar-refractivity contribution in [1.82, 2.24) is 15.5 Å². The molecule has 1 aliphatic rings. The van der Waals surface area contributed by atoms with E-state index in [1.165, 1.54) is 0 Å². The molecule has 7 heteroatoms. The van der Waals surface area contributed by atoms with Crippen LogP contribution in [0.2, 0.25) is 0 Å². The Morgan fingerprint density at radius 2 is 2.21 bits per heavy atom. The number of ether oxygens (including phenoxy) is 1. The number of likely N-dealkylation sites (tertiary alicyclic amines) is 1. The second-order valence-corrected chi connectivity index (χ2v) is 5.69. The van der Waals surface area contributed by atoms with Crippen molar-refractivity contribution in [1.29, 1.82) is 0 Å². The molecule has 0 radical (unpaired) electrons. The van der Waals surface area contributed by atoms with Gasteiger partial charge in [-0.3, -0.25) is 4.99 Å². The Kier molecular flexibility index (Phi) is 7.45. The van der Waals surface area contributed by atoms with E-state index in [4.69, 9.17) is 9.15 Å². The minimum absolute atomic E-state index is 0.213. The molecule has 24 heavy (non-hydrogen) atoms. The molecular weight excluding hydrogens is 308 g/mol. The topological polar surface area (TPSA) is 79.1 Å². The van der Waals surface area contributed by atoms with Crippen molar-refractivity contribution in [3.8, 4) is 0 Å². The van der Waals surface area contributed by atoms with E-state index in [1.54, 1.807) is 11.2 Å². The van der Waals surface area contributed by atoms with Gasteiger partial charge in [0.25, 0.3) is 0 Å². The molecule has 2 rings (SSSR count). The number of rotatable bonds is 6. The molecule has 2 heterocycles. The molecule has 0 aliphatic carbocycles. The van der Waals surface area contributed by atoms with Crippen LogP contribution in [-0.2, 0) is 11.2 Å². The monoisotopic (exact) mass is 336 g/mol. The Morgan fingerprint density at radius 3 is 2.83 bits per heavy atom. The van der Waals surface area contributed by atoms with Crippen LogP contribution in [0.15, 0.2) is 27.8 Å². The predicted octanol–water partition coefficient (Wildman–Crippen LogP) is 2.00. The summed E-state index contributed by atoms with van der Waals surface area (Å²) in [5.41, 5.74) is 0. The number of guanidine groups is 1. The molecule has 0 atom stereocenters. The van der Waals surface area contributed by atoms with E-state index in [0.29, 0.717) is 32.3 Å². The maximum Gasteiger partial charge on any atom is 0.409 e. The van der Waals surface area contributed by atoms with Crippen molar-refractivity contribution in [2.75, 3.05) is 32.8 Å². The summed E-state index contributed by atoms with van der Waals surface area (Å²) in [5.74, 6) is 1.76. The molecule has 1 aromatic rings. The Hall–Kier alpha value is -2.18. The van der Waals surface area contributed by atoms with Crippen molar-refractivity contribution in [2.45, 2.75) is 39.2 Å². The molecule has 1 fully saturated rings. The smallest absolute Gasteiger partial charge is 0.409 e. The van der Waals surface area contributed by atoms with E-state index < -0.39 is 0 Å². The highest BCUT2D eigenvalue weighted by Gasteiger charge is 2.23. The van der Waals surface area contributed by atoms with Crippen LogP contribution in [0.25, 0.3) is 0 Å². The van der Waals surface area contributed by atoms with Gasteiger partial charge < -0.3 is 24.7 Å². The number of nitrogens with zero attached hydrogens (tertiary/aromatic N) is 2. The molecule has 2 N–H and O–H groups in total. The summed E-state index contributed by atoms with van der Waals surface area (Å²) in [7, 11) is 0. The van der Waals surface area contributed by atoms with Crippen molar-refractivity contribution < 1.29 is 13.9 Å². The van der Waals surface area contributed by atoms with Crippen LogP contribution in [0.5, 0.6) is 0 Å². The highest BCUT2D eigenvalue weighted by Crippen LogP contribution is 2.11. The summed E-state index contributed by atoms with van der Waals surface area (Å²) >= 11 is 0. The Balaban J connectivity index is 1.77. The van der Waals surface area contributed by atoms with Gasteiger partial charge in [0.2, 0.25) is 0 Å². The minimum Gasteiger partial charge on any atom is -0.469 e. The first-order valence-electron chi connectivity index (χ1n) is 8.71. The molecular formula is C17H28N4O3. The molecule has 0 aromatic carbocycles. The largest absolute Gasteiger partial charge is 0.469 e. The number of carbonyl (C=O) groups excluding carboxylic acids is 1. The van der Waals surface area contributed by atoms with Crippen LogP contribution in [-0.4, -0.2) is 55.8 Å². The summed E-state index contributed by atoms with van der Waals surface area (Å²) in [6, 6.07) is 4.16. The number of piperidine rings is 1. The lowest BCUT2D eigenvalue weighted by molar-refractivity contribution is 0.0963. The first kappa shape index (κ1) is 18.2. The third-order valence-electron chi connectivity index (χ3n) is 3.91. The van der Waals surface area contributed by atoms with Crippen LogP contribution < -0.4 is 10.6 Å². The number of amides is 1. The van der Waals surface area contributed by atoms with Crippen molar-refractivity contribution >= 4 is 12.1 Å². The first-order valence-corrected chi connectivity index (χ1v) is 8.71. The zero-order chi connectivity index (χ0) is 17.2. The van der Waals surface area contributed by atoms with E-state index in [9.17, 15) is 4.79 Å².